The Hall–Kier alpha value is -1.54. The number of nitrogens with zero attached hydrogens (tertiary/aromatic N) is 2. The Labute approximate surface area is 159 Å². The Bertz CT molecular complexity index is 703. The quantitative estimate of drug-likeness (QED) is 0.556. The Balaban J connectivity index is 1.77. The van der Waals surface area contributed by atoms with E-state index in [0.29, 0.717) is 23.3 Å². The van der Waals surface area contributed by atoms with Crippen LogP contribution in [0.4, 0.5) is 0 Å². The first-order valence-corrected chi connectivity index (χ1v) is 10.1. The van der Waals surface area contributed by atoms with Crippen LogP contribution < -0.4 is 14.8 Å². The zero-order valence-corrected chi connectivity index (χ0v) is 16.4. The van der Waals surface area contributed by atoms with Crippen molar-refractivity contribution in [2.75, 3.05) is 12.4 Å². The van der Waals surface area contributed by atoms with E-state index in [4.69, 9.17) is 9.47 Å². The molecule has 1 aliphatic heterocycles. The highest BCUT2D eigenvalue weighted by molar-refractivity contribution is 9.10. The lowest BCUT2D eigenvalue weighted by atomic mass is 10.2. The number of benzene rings is 1. The van der Waals surface area contributed by atoms with Crippen molar-refractivity contribution in [1.82, 2.24) is 5.32 Å². The van der Waals surface area contributed by atoms with Gasteiger partial charge in [-0.25, -0.2) is 0 Å². The predicted octanol–water partition coefficient (Wildman–Crippen LogP) is 3.72. The topological polar surface area (TPSA) is 72.3 Å². The molecule has 134 valence electrons. The third-order valence-corrected chi connectivity index (χ3v) is 5.44. The number of rotatable bonds is 6. The molecule has 1 aromatic carbocycles. The third-order valence-electron chi connectivity index (χ3n) is 3.89. The first kappa shape index (κ1) is 18.3. The summed E-state index contributed by atoms with van der Waals surface area (Å²) in [5.41, 5.74) is 0.834. The van der Waals surface area contributed by atoms with Gasteiger partial charge in [0.15, 0.2) is 16.7 Å². The Morgan fingerprint density at radius 3 is 2.84 bits per heavy atom. The maximum absolute atomic E-state index is 11.1. The number of amides is 1. The summed E-state index contributed by atoms with van der Waals surface area (Å²) in [6.07, 6.45) is 6.51. The van der Waals surface area contributed by atoms with E-state index in [9.17, 15) is 4.79 Å². The second-order valence-corrected chi connectivity index (χ2v) is 7.58. The maximum atomic E-state index is 11.1. The van der Waals surface area contributed by atoms with Crippen LogP contribution in [0.5, 0.6) is 11.5 Å². The molecule has 0 atom stereocenters. The number of carbonyl (C=O) groups is 1. The van der Waals surface area contributed by atoms with E-state index in [1.807, 2.05) is 19.1 Å². The van der Waals surface area contributed by atoms with Crippen molar-refractivity contribution in [3.8, 4) is 11.5 Å². The van der Waals surface area contributed by atoms with Gasteiger partial charge in [-0.1, -0.05) is 11.8 Å². The number of thioether (sulfide) groups is 1. The van der Waals surface area contributed by atoms with Crippen molar-refractivity contribution in [3.63, 3.8) is 0 Å². The van der Waals surface area contributed by atoms with Crippen molar-refractivity contribution >= 4 is 45.0 Å². The lowest BCUT2D eigenvalue weighted by molar-refractivity contribution is -0.116. The van der Waals surface area contributed by atoms with Crippen molar-refractivity contribution in [2.24, 2.45) is 10.2 Å². The van der Waals surface area contributed by atoms with Gasteiger partial charge in [-0.2, -0.15) is 5.10 Å². The van der Waals surface area contributed by atoms with Gasteiger partial charge in [-0.15, -0.1) is 5.10 Å². The summed E-state index contributed by atoms with van der Waals surface area (Å²) < 4.78 is 12.7. The number of carbonyl (C=O) groups excluding carboxylic acids is 1. The van der Waals surface area contributed by atoms with Crippen molar-refractivity contribution in [3.05, 3.63) is 22.2 Å². The lowest BCUT2D eigenvalue weighted by Gasteiger charge is -2.17. The van der Waals surface area contributed by atoms with Crippen LogP contribution in [-0.4, -0.2) is 35.8 Å². The van der Waals surface area contributed by atoms with Crippen LogP contribution in [0.3, 0.4) is 0 Å². The zero-order valence-electron chi connectivity index (χ0n) is 14.0. The van der Waals surface area contributed by atoms with Crippen LogP contribution >= 0.6 is 27.7 Å². The van der Waals surface area contributed by atoms with Crippen molar-refractivity contribution in [2.45, 2.75) is 38.7 Å². The normalized spacial score (nSPS) is 19.8. The first-order valence-electron chi connectivity index (χ1n) is 8.32. The second-order valence-electron chi connectivity index (χ2n) is 5.76. The average Bonchev–Trinajstić information content (AvgIpc) is 3.23. The minimum atomic E-state index is -0.0489. The number of hydrogen-bond acceptors (Lipinski definition) is 6. The van der Waals surface area contributed by atoms with Gasteiger partial charge in [-0.3, -0.25) is 4.79 Å². The number of amidine groups is 1. The molecule has 2 aliphatic rings. The summed E-state index contributed by atoms with van der Waals surface area (Å²) in [4.78, 5) is 11.1. The highest BCUT2D eigenvalue weighted by Gasteiger charge is 2.20. The monoisotopic (exact) mass is 425 g/mol. The Morgan fingerprint density at radius 1 is 1.36 bits per heavy atom. The minimum absolute atomic E-state index is 0.0489. The van der Waals surface area contributed by atoms with Gasteiger partial charge in [0.05, 0.1) is 24.7 Å². The first-order chi connectivity index (χ1) is 12.2. The van der Waals surface area contributed by atoms with Gasteiger partial charge in [0.1, 0.15) is 0 Å². The van der Waals surface area contributed by atoms with E-state index >= 15 is 0 Å². The fourth-order valence-corrected chi connectivity index (χ4v) is 3.77. The molecule has 6 nitrogen and oxygen atoms in total. The standard InChI is InChI=1S/C17H20BrN3O3S/c1-2-23-14-7-11(9-19-21-17-20-16(22)10-25-17)13(18)8-15(14)24-12-5-3-4-6-12/h7-9,12H,2-6,10H2,1H3,(H,20,21,22). The summed E-state index contributed by atoms with van der Waals surface area (Å²) in [6.45, 7) is 2.51. The molecule has 0 aromatic heterocycles. The third kappa shape index (κ3) is 4.98. The molecule has 1 aliphatic carbocycles. The van der Waals surface area contributed by atoms with Gasteiger partial charge < -0.3 is 14.8 Å². The van der Waals surface area contributed by atoms with E-state index in [-0.39, 0.29) is 12.0 Å². The molecule has 0 radical (unpaired) electrons. The second kappa shape index (κ2) is 8.71. The van der Waals surface area contributed by atoms with Gasteiger partial charge in [-0.05, 0) is 60.7 Å². The highest BCUT2D eigenvalue weighted by Crippen LogP contribution is 2.36. The molecule has 25 heavy (non-hydrogen) atoms. The SMILES string of the molecule is CCOc1cc(C=NN=C2NC(=O)CS2)c(Br)cc1OC1CCCC1. The van der Waals surface area contributed by atoms with Crippen LogP contribution in [-0.2, 0) is 4.79 Å². The molecule has 1 saturated heterocycles. The average molecular weight is 426 g/mol. The molecule has 0 bridgehead atoms. The minimum Gasteiger partial charge on any atom is -0.490 e. The van der Waals surface area contributed by atoms with Gasteiger partial charge in [0, 0.05) is 10.0 Å². The molecule has 2 fully saturated rings. The molecule has 1 aromatic rings. The number of ether oxygens (including phenoxy) is 2. The van der Waals surface area contributed by atoms with Gasteiger partial charge in [0.2, 0.25) is 5.91 Å². The largest absolute Gasteiger partial charge is 0.490 e. The fourth-order valence-electron chi connectivity index (χ4n) is 2.72. The van der Waals surface area contributed by atoms with E-state index in [2.05, 4.69) is 31.4 Å². The van der Waals surface area contributed by atoms with Gasteiger partial charge >= 0.3 is 0 Å². The molecule has 1 N–H and O–H groups in total. The summed E-state index contributed by atoms with van der Waals surface area (Å²) in [7, 11) is 0. The summed E-state index contributed by atoms with van der Waals surface area (Å²) >= 11 is 4.90. The van der Waals surface area contributed by atoms with E-state index < -0.39 is 0 Å². The molecule has 3 rings (SSSR count). The number of hydrogen-bond donors (Lipinski definition) is 1. The van der Waals surface area contributed by atoms with E-state index in [1.54, 1.807) is 6.21 Å². The van der Waals surface area contributed by atoms with Crippen LogP contribution in [0.2, 0.25) is 0 Å². The lowest BCUT2D eigenvalue weighted by Crippen LogP contribution is -2.19. The molecule has 1 amide bonds. The summed E-state index contributed by atoms with van der Waals surface area (Å²) in [5.74, 6) is 1.80. The van der Waals surface area contributed by atoms with Crippen molar-refractivity contribution < 1.29 is 14.3 Å². The van der Waals surface area contributed by atoms with Crippen LogP contribution in [0.25, 0.3) is 0 Å². The predicted molar refractivity (Wildman–Crippen MR) is 104 cm³/mol. The van der Waals surface area contributed by atoms with Crippen LogP contribution in [0.1, 0.15) is 38.2 Å². The van der Waals surface area contributed by atoms with E-state index in [0.717, 1.165) is 28.6 Å². The maximum Gasteiger partial charge on any atom is 0.236 e. The van der Waals surface area contributed by atoms with E-state index in [1.165, 1.54) is 24.6 Å². The van der Waals surface area contributed by atoms with Gasteiger partial charge in [0.25, 0.3) is 0 Å². The number of halogens is 1. The smallest absolute Gasteiger partial charge is 0.236 e. The molecule has 1 saturated carbocycles. The van der Waals surface area contributed by atoms with Crippen LogP contribution in [0.15, 0.2) is 26.8 Å². The Morgan fingerprint density at radius 2 is 2.16 bits per heavy atom. The summed E-state index contributed by atoms with van der Waals surface area (Å²) in [5, 5.41) is 11.2. The molecule has 8 heteroatoms. The molecular formula is C17H20BrN3O3S. The van der Waals surface area contributed by atoms with Crippen LogP contribution in [0, 0.1) is 0 Å². The molecule has 0 unspecified atom stereocenters. The molecular weight excluding hydrogens is 406 g/mol. The Kier molecular flexibility index (Phi) is 6.36. The zero-order chi connectivity index (χ0) is 17.6. The van der Waals surface area contributed by atoms with Crippen molar-refractivity contribution in [1.29, 1.82) is 0 Å². The number of nitrogens with one attached hydrogen (secondary N) is 1. The molecule has 1 heterocycles. The molecule has 0 spiro atoms. The summed E-state index contributed by atoms with van der Waals surface area (Å²) in [6, 6.07) is 3.81. The fraction of sp³-hybridized carbons (Fsp3) is 0.471. The highest BCUT2D eigenvalue weighted by atomic mass is 79.9.